The second kappa shape index (κ2) is 13.0. The zero-order chi connectivity index (χ0) is 37.6. The fourth-order valence-corrected chi connectivity index (χ4v) is 13.6. The first-order valence-corrected chi connectivity index (χ1v) is 21.1. The standard InChI is InChI=1S/C43H66N4O4S/c1-26(2)28(5)39(7)17-18-40(8)30-12-13-33-38(6)20-32(47-36(45-25-46-47)29-15-19-52-21-29)35(51-23-42(10,44-11)27(3)4)43(33,24-50-22-38)31(30)14-16-41(40,9)34(39)37(48)49/h14-15,19,21,25-28,30,32-35,44H,12-13,16-18,20,22-24H2,1-11H3,(H,48,49)/t28-,30+,32-,33-,34-,35+,38-,39-,40-,41+,42+,43+/m1/s1. The highest BCUT2D eigenvalue weighted by atomic mass is 32.1. The Kier molecular flexibility index (Phi) is 9.57. The normalized spacial score (nSPS) is 41.8. The first kappa shape index (κ1) is 38.2. The topological polar surface area (TPSA) is 98.5 Å². The molecule has 0 radical (unpaired) electrons. The molecule has 1 saturated heterocycles. The lowest BCUT2D eigenvalue weighted by Crippen LogP contribution is -2.70. The number of allylic oxidation sites excluding steroid dienone is 1. The molecule has 4 aliphatic carbocycles. The van der Waals surface area contributed by atoms with Gasteiger partial charge in [-0.05, 0) is 115 Å². The van der Waals surface area contributed by atoms with Gasteiger partial charge in [-0.1, -0.05) is 74.0 Å². The van der Waals surface area contributed by atoms with Crippen LogP contribution in [0.5, 0.6) is 0 Å². The van der Waals surface area contributed by atoms with E-state index in [1.54, 1.807) is 17.7 Å². The minimum atomic E-state index is -0.619. The molecule has 1 aliphatic heterocycles. The number of thiophene rings is 1. The zero-order valence-corrected chi connectivity index (χ0v) is 34.6. The molecule has 3 heterocycles. The molecule has 2 aromatic heterocycles. The maximum atomic E-state index is 13.6. The molecule has 2 N–H and O–H groups in total. The van der Waals surface area contributed by atoms with Crippen LogP contribution in [0.3, 0.4) is 0 Å². The highest BCUT2D eigenvalue weighted by molar-refractivity contribution is 7.08. The van der Waals surface area contributed by atoms with Crippen LogP contribution in [0.2, 0.25) is 0 Å². The van der Waals surface area contributed by atoms with Crippen LogP contribution in [0.1, 0.15) is 114 Å². The van der Waals surface area contributed by atoms with Gasteiger partial charge in [0.2, 0.25) is 0 Å². The fourth-order valence-electron chi connectivity index (χ4n) is 13.0. The summed E-state index contributed by atoms with van der Waals surface area (Å²) in [6.45, 7) is 25.1. The van der Waals surface area contributed by atoms with E-state index in [-0.39, 0.29) is 50.7 Å². The average Bonchev–Trinajstić information content (AvgIpc) is 3.80. The van der Waals surface area contributed by atoms with Gasteiger partial charge in [0.15, 0.2) is 5.82 Å². The minimum Gasteiger partial charge on any atom is -0.481 e. The molecule has 2 bridgehead atoms. The van der Waals surface area contributed by atoms with Gasteiger partial charge < -0.3 is 19.9 Å². The van der Waals surface area contributed by atoms with Crippen molar-refractivity contribution in [2.45, 2.75) is 125 Å². The summed E-state index contributed by atoms with van der Waals surface area (Å²) in [5, 5.41) is 24.1. The summed E-state index contributed by atoms with van der Waals surface area (Å²) in [7, 11) is 2.05. The Labute approximate surface area is 316 Å². The predicted octanol–water partition coefficient (Wildman–Crippen LogP) is 9.16. The van der Waals surface area contributed by atoms with Crippen molar-refractivity contribution in [3.05, 3.63) is 34.8 Å². The summed E-state index contributed by atoms with van der Waals surface area (Å²) in [5.41, 5.74) is 1.10. The van der Waals surface area contributed by atoms with E-state index in [4.69, 9.17) is 19.6 Å². The Balaban J connectivity index is 1.40. The molecule has 2 aromatic rings. The number of nitrogens with one attached hydrogen (secondary N) is 1. The first-order chi connectivity index (χ1) is 24.4. The monoisotopic (exact) mass is 734 g/mol. The van der Waals surface area contributed by atoms with Crippen molar-refractivity contribution in [1.82, 2.24) is 20.1 Å². The molecule has 9 heteroatoms. The second-order valence-corrected chi connectivity index (χ2v) is 20.5. The van der Waals surface area contributed by atoms with Crippen LogP contribution in [0.4, 0.5) is 0 Å². The minimum absolute atomic E-state index is 0.0371. The van der Waals surface area contributed by atoms with Crippen LogP contribution >= 0.6 is 11.3 Å². The van der Waals surface area contributed by atoms with E-state index in [1.807, 2.05) is 7.05 Å². The first-order valence-electron chi connectivity index (χ1n) is 20.2. The number of rotatable bonds is 10. The number of carboxylic acid groups (broad SMARTS) is 1. The van der Waals surface area contributed by atoms with Gasteiger partial charge >= 0.3 is 5.97 Å². The van der Waals surface area contributed by atoms with Crippen LogP contribution in [0, 0.1) is 62.6 Å². The van der Waals surface area contributed by atoms with E-state index in [9.17, 15) is 9.90 Å². The lowest BCUT2D eigenvalue weighted by atomic mass is 9.34. The van der Waals surface area contributed by atoms with Crippen molar-refractivity contribution < 1.29 is 19.4 Å². The Morgan fingerprint density at radius 1 is 1.13 bits per heavy atom. The van der Waals surface area contributed by atoms with E-state index in [0.29, 0.717) is 36.9 Å². The second-order valence-electron chi connectivity index (χ2n) is 19.7. The number of carboxylic acids is 1. The Morgan fingerprint density at radius 3 is 2.52 bits per heavy atom. The summed E-state index contributed by atoms with van der Waals surface area (Å²) in [4.78, 5) is 18.5. The highest BCUT2D eigenvalue weighted by Crippen LogP contribution is 2.75. The number of ether oxygens (including phenoxy) is 2. The van der Waals surface area contributed by atoms with Gasteiger partial charge in [0.25, 0.3) is 0 Å². The van der Waals surface area contributed by atoms with Crippen molar-refractivity contribution in [2.24, 2.45) is 62.6 Å². The third kappa shape index (κ3) is 5.24. The average molecular weight is 735 g/mol. The van der Waals surface area contributed by atoms with Crippen molar-refractivity contribution in [2.75, 3.05) is 26.9 Å². The van der Waals surface area contributed by atoms with Gasteiger partial charge in [-0.25, -0.2) is 9.67 Å². The van der Waals surface area contributed by atoms with Crippen molar-refractivity contribution in [3.63, 3.8) is 0 Å². The largest absolute Gasteiger partial charge is 0.481 e. The highest BCUT2D eigenvalue weighted by Gasteiger charge is 2.72. The molecular weight excluding hydrogens is 669 g/mol. The molecule has 8 nitrogen and oxygen atoms in total. The maximum Gasteiger partial charge on any atom is 0.307 e. The third-order valence-electron chi connectivity index (χ3n) is 17.1. The van der Waals surface area contributed by atoms with Crippen LogP contribution in [-0.2, 0) is 14.3 Å². The number of fused-ring (bicyclic) bond motifs is 3. The number of likely N-dealkylation sites (N-methyl/N-ethyl adjacent to an activating group) is 1. The van der Waals surface area contributed by atoms with Crippen LogP contribution in [0.25, 0.3) is 11.4 Å². The molecule has 0 unspecified atom stereocenters. The molecule has 4 fully saturated rings. The van der Waals surface area contributed by atoms with Gasteiger partial charge in [-0.2, -0.15) is 16.4 Å². The van der Waals surface area contributed by atoms with Gasteiger partial charge in [-0.15, -0.1) is 0 Å². The van der Waals surface area contributed by atoms with E-state index in [0.717, 1.165) is 56.5 Å². The quantitative estimate of drug-likeness (QED) is 0.235. The zero-order valence-electron chi connectivity index (χ0n) is 33.8. The van der Waals surface area contributed by atoms with Gasteiger partial charge in [0.05, 0.1) is 37.9 Å². The Bertz CT molecular complexity index is 1670. The number of aliphatic carboxylic acids is 1. The predicted molar refractivity (Wildman–Crippen MR) is 208 cm³/mol. The lowest BCUT2D eigenvalue weighted by molar-refractivity contribution is -0.254. The van der Waals surface area contributed by atoms with E-state index < -0.39 is 11.9 Å². The van der Waals surface area contributed by atoms with Crippen molar-refractivity contribution in [3.8, 4) is 11.4 Å². The van der Waals surface area contributed by atoms with Gasteiger partial charge in [0.1, 0.15) is 6.33 Å². The maximum absolute atomic E-state index is 13.6. The summed E-state index contributed by atoms with van der Waals surface area (Å²) >= 11 is 1.68. The number of nitrogens with zero attached hydrogens (tertiary/aromatic N) is 3. The molecule has 5 aliphatic rings. The molecule has 0 amide bonds. The van der Waals surface area contributed by atoms with E-state index in [1.165, 1.54) is 5.57 Å². The van der Waals surface area contributed by atoms with Gasteiger partial charge in [0, 0.05) is 21.9 Å². The summed E-state index contributed by atoms with van der Waals surface area (Å²) < 4.78 is 16.5. The SMILES string of the molecule is CN[C@@](C)(CO[C@H]1[C@H](n2ncnc2-c2ccsc2)C[C@]2(C)COC[C@@]13C1=CC[C@@]4(C)[C@H](C(=O)O)[C@@](C)([C@H](C)C(C)C)CC[C@]4(C)[C@H]1CC[C@H]23)C(C)C. The Morgan fingerprint density at radius 2 is 1.88 bits per heavy atom. The number of hydrogen-bond acceptors (Lipinski definition) is 7. The Hall–Kier alpha value is -2.07. The van der Waals surface area contributed by atoms with Crippen LogP contribution < -0.4 is 5.32 Å². The van der Waals surface area contributed by atoms with Crippen molar-refractivity contribution >= 4 is 17.3 Å². The molecule has 52 heavy (non-hydrogen) atoms. The third-order valence-corrected chi connectivity index (χ3v) is 17.8. The molecule has 0 aromatic carbocycles. The molecule has 3 saturated carbocycles. The van der Waals surface area contributed by atoms with Crippen LogP contribution in [0.15, 0.2) is 34.8 Å². The van der Waals surface area contributed by atoms with E-state index in [2.05, 4.69) is 102 Å². The smallest absolute Gasteiger partial charge is 0.307 e. The summed E-state index contributed by atoms with van der Waals surface area (Å²) in [6.07, 6.45) is 9.88. The number of carbonyl (C=O) groups is 1. The summed E-state index contributed by atoms with van der Waals surface area (Å²) in [5.74, 6) is 1.59. The molecule has 7 rings (SSSR count). The summed E-state index contributed by atoms with van der Waals surface area (Å²) in [6, 6.07) is 2.11. The number of hydrogen-bond donors (Lipinski definition) is 2. The fraction of sp³-hybridized carbons (Fsp3) is 0.791. The lowest BCUT2D eigenvalue weighted by Gasteiger charge is -2.71. The van der Waals surface area contributed by atoms with E-state index >= 15 is 0 Å². The molecule has 288 valence electrons. The molecular formula is C43H66N4O4S. The molecule has 0 spiro atoms. The molecule has 12 atom stereocenters. The van der Waals surface area contributed by atoms with Gasteiger partial charge in [-0.3, -0.25) is 4.79 Å². The number of aromatic nitrogens is 3. The van der Waals surface area contributed by atoms with Crippen molar-refractivity contribution in [1.29, 1.82) is 0 Å². The van der Waals surface area contributed by atoms with Crippen LogP contribution in [-0.4, -0.2) is 64.4 Å².